The minimum Gasteiger partial charge on any atom is -0.376 e. The van der Waals surface area contributed by atoms with Crippen molar-refractivity contribution in [1.82, 2.24) is 9.88 Å². The van der Waals surface area contributed by atoms with Crippen LogP contribution >= 0.6 is 11.3 Å². The number of aromatic nitrogens is 1. The maximum absolute atomic E-state index is 12.5. The van der Waals surface area contributed by atoms with Crippen molar-refractivity contribution in [3.8, 4) is 17.1 Å². The van der Waals surface area contributed by atoms with Gasteiger partial charge >= 0.3 is 0 Å². The van der Waals surface area contributed by atoms with Crippen molar-refractivity contribution in [3.63, 3.8) is 0 Å². The van der Waals surface area contributed by atoms with Crippen LogP contribution in [0.3, 0.4) is 0 Å². The summed E-state index contributed by atoms with van der Waals surface area (Å²) < 4.78 is 7.62. The molecule has 1 aliphatic heterocycles. The Balaban J connectivity index is 1.63. The molecule has 1 amide bonds. The molecule has 7 heteroatoms. The lowest BCUT2D eigenvalue weighted by Crippen LogP contribution is -2.32. The van der Waals surface area contributed by atoms with Gasteiger partial charge in [0.1, 0.15) is 22.7 Å². The van der Waals surface area contributed by atoms with Gasteiger partial charge in [0.2, 0.25) is 0 Å². The summed E-state index contributed by atoms with van der Waals surface area (Å²) in [5.74, 6) is -0.382. The molecule has 0 radical (unpaired) electrons. The number of carbonyl (C=O) groups excluding carboxylic acids is 1. The zero-order chi connectivity index (χ0) is 22.0. The average Bonchev–Trinajstić information content (AvgIpc) is 3.48. The number of hydrogen-bond acceptors (Lipinski definition) is 5. The topological polar surface area (TPSA) is 90.8 Å². The van der Waals surface area contributed by atoms with Gasteiger partial charge in [-0.05, 0) is 75.6 Å². The number of hydrogen-bond donors (Lipinski definition) is 1. The minimum atomic E-state index is -0.382. The number of nitriles is 2. The molecule has 0 saturated carbocycles. The summed E-state index contributed by atoms with van der Waals surface area (Å²) in [6.07, 6.45) is 7.90. The molecule has 1 fully saturated rings. The van der Waals surface area contributed by atoms with Gasteiger partial charge in [-0.15, -0.1) is 11.3 Å². The Labute approximate surface area is 186 Å². The molecular weight excluding hydrogens is 408 g/mol. The number of rotatable bonds is 5. The number of nitrogens with one attached hydrogen (secondary N) is 1. The van der Waals surface area contributed by atoms with Gasteiger partial charge in [0.05, 0.1) is 11.7 Å². The number of thiophene rings is 1. The van der Waals surface area contributed by atoms with Crippen LogP contribution in [-0.2, 0) is 22.4 Å². The van der Waals surface area contributed by atoms with Crippen molar-refractivity contribution in [1.29, 1.82) is 10.5 Å². The zero-order valence-electron chi connectivity index (χ0n) is 18.0. The first-order chi connectivity index (χ1) is 15.0. The minimum absolute atomic E-state index is 0.0308. The molecule has 1 aliphatic carbocycles. The SMILES string of the molecule is Cc1cc(/C=C(\C#N)C(=O)NC[C@H]2CCCO2)c(C)n1-c1sc2c(c1C#N)CCCC2. The van der Waals surface area contributed by atoms with E-state index in [0.29, 0.717) is 6.54 Å². The normalized spacial score (nSPS) is 18.3. The molecule has 31 heavy (non-hydrogen) atoms. The van der Waals surface area contributed by atoms with Gasteiger partial charge in [-0.2, -0.15) is 10.5 Å². The van der Waals surface area contributed by atoms with Crippen molar-refractivity contribution >= 4 is 23.3 Å². The fourth-order valence-corrected chi connectivity index (χ4v) is 5.93. The summed E-state index contributed by atoms with van der Waals surface area (Å²) in [4.78, 5) is 13.8. The van der Waals surface area contributed by atoms with E-state index in [2.05, 4.69) is 16.0 Å². The van der Waals surface area contributed by atoms with Crippen molar-refractivity contribution in [2.75, 3.05) is 13.2 Å². The van der Waals surface area contributed by atoms with Crippen molar-refractivity contribution in [3.05, 3.63) is 44.6 Å². The molecule has 0 unspecified atom stereocenters. The third-order valence-corrected chi connectivity index (χ3v) is 7.39. The number of amides is 1. The Morgan fingerprint density at radius 2 is 2.13 bits per heavy atom. The molecule has 1 atom stereocenters. The predicted molar refractivity (Wildman–Crippen MR) is 120 cm³/mol. The van der Waals surface area contributed by atoms with Crippen molar-refractivity contribution in [2.45, 2.75) is 58.5 Å². The molecule has 1 N–H and O–H groups in total. The Hall–Kier alpha value is -2.87. The van der Waals surface area contributed by atoms with E-state index in [-0.39, 0.29) is 17.6 Å². The van der Waals surface area contributed by atoms with E-state index in [1.807, 2.05) is 26.0 Å². The van der Waals surface area contributed by atoms with Gasteiger partial charge in [-0.1, -0.05) is 0 Å². The average molecular weight is 435 g/mol. The number of carbonyl (C=O) groups is 1. The van der Waals surface area contributed by atoms with Crippen molar-refractivity contribution in [2.24, 2.45) is 0 Å². The van der Waals surface area contributed by atoms with Crippen LogP contribution in [0.25, 0.3) is 11.1 Å². The molecule has 3 heterocycles. The van der Waals surface area contributed by atoms with Crippen molar-refractivity contribution < 1.29 is 9.53 Å². The first-order valence-electron chi connectivity index (χ1n) is 10.8. The first kappa shape index (κ1) is 21.4. The fourth-order valence-electron chi connectivity index (χ4n) is 4.48. The van der Waals surface area contributed by atoms with Crippen LogP contribution < -0.4 is 5.32 Å². The van der Waals surface area contributed by atoms with E-state index in [9.17, 15) is 15.3 Å². The lowest BCUT2D eigenvalue weighted by molar-refractivity contribution is -0.117. The van der Waals surface area contributed by atoms with E-state index >= 15 is 0 Å². The van der Waals surface area contributed by atoms with Gasteiger partial charge in [-0.25, -0.2) is 0 Å². The zero-order valence-corrected chi connectivity index (χ0v) is 18.8. The first-order valence-corrected chi connectivity index (χ1v) is 11.6. The summed E-state index contributed by atoms with van der Waals surface area (Å²) in [6, 6.07) is 6.43. The molecule has 4 rings (SSSR count). The largest absolute Gasteiger partial charge is 0.376 e. The molecule has 0 aromatic carbocycles. The number of fused-ring (bicyclic) bond motifs is 1. The van der Waals surface area contributed by atoms with Crippen LogP contribution in [0.4, 0.5) is 0 Å². The van der Waals surface area contributed by atoms with Crippen LogP contribution in [0.1, 0.15) is 58.6 Å². The van der Waals surface area contributed by atoms with Crippen LogP contribution in [0, 0.1) is 36.5 Å². The summed E-state index contributed by atoms with van der Waals surface area (Å²) in [7, 11) is 0. The van der Waals surface area contributed by atoms with E-state index in [0.717, 1.165) is 66.2 Å². The summed E-state index contributed by atoms with van der Waals surface area (Å²) >= 11 is 1.70. The van der Waals surface area contributed by atoms with E-state index in [4.69, 9.17) is 4.74 Å². The molecule has 2 aromatic rings. The molecule has 1 saturated heterocycles. The maximum atomic E-state index is 12.5. The number of aryl methyl sites for hydroxylation is 2. The summed E-state index contributed by atoms with van der Waals surface area (Å²) in [6.45, 7) is 5.11. The van der Waals surface area contributed by atoms with E-state index < -0.39 is 0 Å². The summed E-state index contributed by atoms with van der Waals surface area (Å²) in [5, 5.41) is 23.2. The highest BCUT2D eigenvalue weighted by Crippen LogP contribution is 2.38. The Bertz CT molecular complexity index is 1120. The predicted octanol–water partition coefficient (Wildman–Crippen LogP) is 4.11. The standard InChI is InChI=1S/C24H26N4O2S/c1-15-10-17(11-18(12-25)23(29)27-14-19-6-5-9-30-19)16(2)28(15)24-21(13-26)20-7-3-4-8-22(20)31-24/h10-11,19H,3-9,14H2,1-2H3,(H,27,29)/b18-11+/t19-/m1/s1. The highest BCUT2D eigenvalue weighted by Gasteiger charge is 2.24. The molecule has 160 valence electrons. The summed E-state index contributed by atoms with van der Waals surface area (Å²) in [5.41, 5.74) is 4.76. The highest BCUT2D eigenvalue weighted by molar-refractivity contribution is 7.15. The Morgan fingerprint density at radius 1 is 1.32 bits per heavy atom. The number of ether oxygens (including phenoxy) is 1. The smallest absolute Gasteiger partial charge is 0.262 e. The lowest BCUT2D eigenvalue weighted by Gasteiger charge is -2.10. The molecule has 0 bridgehead atoms. The van der Waals surface area contributed by atoms with Crippen LogP contribution in [0.5, 0.6) is 0 Å². The third-order valence-electron chi connectivity index (χ3n) is 6.12. The van der Waals surface area contributed by atoms with Gasteiger partial charge in [0.15, 0.2) is 0 Å². The molecular formula is C24H26N4O2S. The van der Waals surface area contributed by atoms with Gasteiger partial charge in [-0.3, -0.25) is 4.79 Å². The second-order valence-corrected chi connectivity index (χ2v) is 9.26. The van der Waals surface area contributed by atoms with Gasteiger partial charge in [0, 0.05) is 29.4 Å². The van der Waals surface area contributed by atoms with Crippen LogP contribution in [-0.4, -0.2) is 29.7 Å². The maximum Gasteiger partial charge on any atom is 0.262 e. The van der Waals surface area contributed by atoms with Crippen LogP contribution in [0.2, 0.25) is 0 Å². The lowest BCUT2D eigenvalue weighted by atomic mass is 9.96. The quantitative estimate of drug-likeness (QED) is 0.566. The fraction of sp³-hybridized carbons (Fsp3) is 0.458. The second kappa shape index (κ2) is 9.09. The second-order valence-electron chi connectivity index (χ2n) is 8.18. The van der Waals surface area contributed by atoms with E-state index in [1.54, 1.807) is 17.4 Å². The molecule has 2 aromatic heterocycles. The Morgan fingerprint density at radius 3 is 2.84 bits per heavy atom. The molecule has 0 spiro atoms. The highest BCUT2D eigenvalue weighted by atomic mass is 32.1. The van der Waals surface area contributed by atoms with Crippen LogP contribution in [0.15, 0.2) is 11.6 Å². The number of nitrogens with zero attached hydrogens (tertiary/aromatic N) is 3. The van der Waals surface area contributed by atoms with Gasteiger partial charge < -0.3 is 14.6 Å². The molecule has 6 nitrogen and oxygen atoms in total. The van der Waals surface area contributed by atoms with E-state index in [1.165, 1.54) is 16.9 Å². The monoisotopic (exact) mass is 434 g/mol. The molecule has 2 aliphatic rings. The van der Waals surface area contributed by atoms with Gasteiger partial charge in [0.25, 0.3) is 5.91 Å². The Kier molecular flexibility index (Phi) is 6.27. The third kappa shape index (κ3) is 4.17.